The van der Waals surface area contributed by atoms with Crippen LogP contribution in [0.2, 0.25) is 0 Å². The average molecular weight is 269 g/mol. The van der Waals surface area contributed by atoms with E-state index in [4.69, 9.17) is 10.5 Å². The van der Waals surface area contributed by atoms with Gasteiger partial charge in [-0.25, -0.2) is 4.79 Å². The summed E-state index contributed by atoms with van der Waals surface area (Å²) >= 11 is 0. The fourth-order valence-corrected chi connectivity index (χ4v) is 3.01. The quantitative estimate of drug-likeness (QED) is 0.686. The molecule has 0 saturated carbocycles. The second-order valence-electron chi connectivity index (χ2n) is 6.62. The molecule has 4 N–H and O–H groups in total. The van der Waals surface area contributed by atoms with E-state index < -0.39 is 23.1 Å². The summed E-state index contributed by atoms with van der Waals surface area (Å²) in [4.78, 5) is 23.7. The van der Waals surface area contributed by atoms with Gasteiger partial charge in [0.15, 0.2) is 0 Å². The van der Waals surface area contributed by atoms with Gasteiger partial charge in [0.1, 0.15) is 11.1 Å². The van der Waals surface area contributed by atoms with Crippen molar-refractivity contribution in [1.82, 2.24) is 10.6 Å². The maximum absolute atomic E-state index is 11.9. The number of ether oxygens (including phenoxy) is 1. The van der Waals surface area contributed by atoms with Crippen LogP contribution in [-0.4, -0.2) is 35.2 Å². The Labute approximate surface area is 113 Å². The van der Waals surface area contributed by atoms with Crippen LogP contribution in [0.5, 0.6) is 0 Å². The van der Waals surface area contributed by atoms with E-state index in [2.05, 4.69) is 10.6 Å². The maximum Gasteiger partial charge on any atom is 0.408 e. The van der Waals surface area contributed by atoms with Crippen LogP contribution in [0.3, 0.4) is 0 Å². The van der Waals surface area contributed by atoms with Gasteiger partial charge in [-0.3, -0.25) is 4.79 Å². The molecule has 0 aromatic carbocycles. The minimum atomic E-state index is -0.973. The molecule has 0 aromatic heterocycles. The fourth-order valence-electron chi connectivity index (χ4n) is 3.01. The van der Waals surface area contributed by atoms with Crippen molar-refractivity contribution in [2.45, 2.75) is 69.7 Å². The zero-order chi connectivity index (χ0) is 14.3. The second-order valence-corrected chi connectivity index (χ2v) is 6.62. The minimum absolute atomic E-state index is 0.251. The van der Waals surface area contributed by atoms with Gasteiger partial charge >= 0.3 is 6.09 Å². The Morgan fingerprint density at radius 2 is 1.79 bits per heavy atom. The van der Waals surface area contributed by atoms with E-state index >= 15 is 0 Å². The first-order chi connectivity index (χ1) is 8.70. The highest BCUT2D eigenvalue weighted by Crippen LogP contribution is 2.34. The molecule has 2 aliphatic rings. The van der Waals surface area contributed by atoms with Gasteiger partial charge in [-0.15, -0.1) is 0 Å². The van der Waals surface area contributed by atoms with Gasteiger partial charge in [0.05, 0.1) is 0 Å². The zero-order valence-corrected chi connectivity index (χ0v) is 11.8. The lowest BCUT2D eigenvalue weighted by Gasteiger charge is -2.39. The number of nitrogens with two attached hydrogens (primary N) is 1. The molecule has 2 unspecified atom stereocenters. The van der Waals surface area contributed by atoms with Gasteiger partial charge in [0.2, 0.25) is 5.91 Å². The van der Waals surface area contributed by atoms with Crippen molar-refractivity contribution < 1.29 is 14.3 Å². The van der Waals surface area contributed by atoms with Crippen LogP contribution in [0.4, 0.5) is 4.79 Å². The van der Waals surface area contributed by atoms with E-state index in [1.807, 2.05) is 0 Å². The highest BCUT2D eigenvalue weighted by Gasteiger charge is 2.49. The molecule has 2 heterocycles. The summed E-state index contributed by atoms with van der Waals surface area (Å²) in [6.07, 6.45) is 2.55. The van der Waals surface area contributed by atoms with E-state index in [-0.39, 0.29) is 12.1 Å². The third kappa shape index (κ3) is 3.18. The molecule has 2 aliphatic heterocycles. The average Bonchev–Trinajstić information content (AvgIpc) is 2.55. The molecular formula is C13H23N3O3. The van der Waals surface area contributed by atoms with Crippen molar-refractivity contribution in [3.8, 4) is 0 Å². The van der Waals surface area contributed by atoms with Crippen LogP contribution < -0.4 is 16.4 Å². The zero-order valence-electron chi connectivity index (χ0n) is 11.8. The molecule has 0 aromatic rings. The van der Waals surface area contributed by atoms with Crippen LogP contribution in [0.25, 0.3) is 0 Å². The number of amides is 2. The minimum Gasteiger partial charge on any atom is -0.444 e. The Kier molecular flexibility index (Phi) is 3.47. The van der Waals surface area contributed by atoms with Crippen molar-refractivity contribution in [3.63, 3.8) is 0 Å². The van der Waals surface area contributed by atoms with E-state index in [1.165, 1.54) is 0 Å². The molecule has 6 heteroatoms. The Morgan fingerprint density at radius 1 is 1.26 bits per heavy atom. The molecule has 108 valence electrons. The Bertz CT molecular complexity index is 377. The van der Waals surface area contributed by atoms with Gasteiger partial charge in [0.25, 0.3) is 0 Å². The third-order valence-corrected chi connectivity index (χ3v) is 3.74. The van der Waals surface area contributed by atoms with Crippen molar-refractivity contribution in [1.29, 1.82) is 0 Å². The molecule has 2 rings (SSSR count). The van der Waals surface area contributed by atoms with Crippen molar-refractivity contribution in [2.24, 2.45) is 5.73 Å². The molecule has 2 bridgehead atoms. The van der Waals surface area contributed by atoms with Crippen molar-refractivity contribution in [2.75, 3.05) is 0 Å². The lowest BCUT2D eigenvalue weighted by atomic mass is 9.83. The molecule has 19 heavy (non-hydrogen) atoms. The lowest BCUT2D eigenvalue weighted by Crippen LogP contribution is -2.64. The summed E-state index contributed by atoms with van der Waals surface area (Å²) in [6.45, 7) is 5.36. The molecule has 2 atom stereocenters. The number of piperidine rings is 1. The predicted molar refractivity (Wildman–Crippen MR) is 70.5 cm³/mol. The molecule has 2 saturated heterocycles. The molecule has 2 fully saturated rings. The molecule has 2 amide bonds. The summed E-state index contributed by atoms with van der Waals surface area (Å²) in [5.74, 6) is -0.475. The SMILES string of the molecule is CC(C)(C)OC(=O)NC1(C(N)=O)CC2CCC(C1)N2. The number of alkyl carbamates (subject to hydrolysis) is 1. The number of fused-ring (bicyclic) bond motifs is 2. The topological polar surface area (TPSA) is 93.4 Å². The normalized spacial score (nSPS) is 33.8. The van der Waals surface area contributed by atoms with Gasteiger partial charge in [-0.1, -0.05) is 0 Å². The molecule has 6 nitrogen and oxygen atoms in total. The Hall–Kier alpha value is -1.30. The van der Waals surface area contributed by atoms with E-state index in [0.29, 0.717) is 12.8 Å². The van der Waals surface area contributed by atoms with Crippen LogP contribution in [0.1, 0.15) is 46.5 Å². The van der Waals surface area contributed by atoms with E-state index in [0.717, 1.165) is 12.8 Å². The monoisotopic (exact) mass is 269 g/mol. The number of rotatable bonds is 2. The standard InChI is InChI=1S/C13H23N3O3/c1-12(2,3)19-11(18)16-13(10(14)17)6-8-4-5-9(7-13)15-8/h8-9,15H,4-7H2,1-3H3,(H2,14,17)(H,16,18). The largest absolute Gasteiger partial charge is 0.444 e. The summed E-state index contributed by atoms with van der Waals surface area (Å²) < 4.78 is 5.23. The first-order valence-electron chi connectivity index (χ1n) is 6.77. The molecule has 0 aliphatic carbocycles. The highest BCUT2D eigenvalue weighted by molar-refractivity contribution is 5.89. The van der Waals surface area contributed by atoms with Crippen LogP contribution in [0.15, 0.2) is 0 Å². The molecular weight excluding hydrogens is 246 g/mol. The predicted octanol–water partition coefficient (Wildman–Crippen LogP) is 0.650. The number of hydrogen-bond acceptors (Lipinski definition) is 4. The molecule has 0 spiro atoms. The number of carbonyl (C=O) groups is 2. The van der Waals surface area contributed by atoms with Crippen LogP contribution >= 0.6 is 0 Å². The number of carbonyl (C=O) groups excluding carboxylic acids is 2. The Balaban J connectivity index is 2.08. The Morgan fingerprint density at radius 3 is 2.21 bits per heavy atom. The maximum atomic E-state index is 11.9. The van der Waals surface area contributed by atoms with E-state index in [1.54, 1.807) is 20.8 Å². The van der Waals surface area contributed by atoms with Gasteiger partial charge in [-0.2, -0.15) is 0 Å². The van der Waals surface area contributed by atoms with Crippen molar-refractivity contribution in [3.05, 3.63) is 0 Å². The summed E-state index contributed by atoms with van der Waals surface area (Å²) in [6, 6.07) is 0.502. The van der Waals surface area contributed by atoms with Crippen LogP contribution in [0, 0.1) is 0 Å². The highest BCUT2D eigenvalue weighted by atomic mass is 16.6. The first-order valence-corrected chi connectivity index (χ1v) is 6.77. The van der Waals surface area contributed by atoms with Crippen molar-refractivity contribution >= 4 is 12.0 Å². The smallest absolute Gasteiger partial charge is 0.408 e. The fraction of sp³-hybridized carbons (Fsp3) is 0.846. The van der Waals surface area contributed by atoms with Gasteiger partial charge in [0, 0.05) is 12.1 Å². The third-order valence-electron chi connectivity index (χ3n) is 3.74. The number of nitrogens with one attached hydrogen (secondary N) is 2. The van der Waals surface area contributed by atoms with Gasteiger partial charge < -0.3 is 21.1 Å². The number of primary amides is 1. The molecule has 0 radical (unpaired) electrons. The van der Waals surface area contributed by atoms with Crippen LogP contribution in [-0.2, 0) is 9.53 Å². The number of hydrogen-bond donors (Lipinski definition) is 3. The van der Waals surface area contributed by atoms with E-state index in [9.17, 15) is 9.59 Å². The summed E-state index contributed by atoms with van der Waals surface area (Å²) in [5, 5.41) is 6.14. The second kappa shape index (κ2) is 4.67. The summed E-state index contributed by atoms with van der Waals surface area (Å²) in [7, 11) is 0. The summed E-state index contributed by atoms with van der Waals surface area (Å²) in [5.41, 5.74) is 3.97. The first kappa shape index (κ1) is 14.1. The van der Waals surface area contributed by atoms with Gasteiger partial charge in [-0.05, 0) is 46.5 Å². The lowest BCUT2D eigenvalue weighted by molar-refractivity contribution is -0.126.